The number of hydrogen-bond donors (Lipinski definition) is 1. The van der Waals surface area contributed by atoms with E-state index in [-0.39, 0.29) is 6.54 Å². The van der Waals surface area contributed by atoms with Crippen molar-refractivity contribution in [3.63, 3.8) is 0 Å². The average Bonchev–Trinajstić information content (AvgIpc) is 2.26. The molecule has 0 aromatic heterocycles. The normalized spacial score (nSPS) is 18.1. The summed E-state index contributed by atoms with van der Waals surface area (Å²) < 4.78 is 37.8. The molecule has 0 unspecified atom stereocenters. The van der Waals surface area contributed by atoms with Crippen LogP contribution in [0.5, 0.6) is 0 Å². The number of fused-ring (bicyclic) bond motifs is 1. The summed E-state index contributed by atoms with van der Waals surface area (Å²) in [5, 5.41) is 0. The predicted molar refractivity (Wildman–Crippen MR) is 65.2 cm³/mol. The summed E-state index contributed by atoms with van der Waals surface area (Å²) in [7, 11) is 0. The monoisotopic (exact) mass is 272 g/mol. The number of rotatable bonds is 0. The van der Waals surface area contributed by atoms with Gasteiger partial charge in [-0.05, 0) is 43.5 Å². The van der Waals surface area contributed by atoms with Gasteiger partial charge in [-0.25, -0.2) is 0 Å². The number of hydrogen-bond acceptors (Lipinski definition) is 2. The molecule has 1 aliphatic heterocycles. The number of nitrogens with two attached hydrogens (primary N) is 1. The highest BCUT2D eigenvalue weighted by Gasteiger charge is 2.48. The Hall–Kier alpha value is -1.72. The van der Waals surface area contributed by atoms with Crippen molar-refractivity contribution in [3.8, 4) is 0 Å². The van der Waals surface area contributed by atoms with Gasteiger partial charge in [-0.3, -0.25) is 4.79 Å². The van der Waals surface area contributed by atoms with E-state index in [2.05, 4.69) is 0 Å². The maximum absolute atomic E-state index is 12.6. The first kappa shape index (κ1) is 13.7. The first-order valence-electron chi connectivity index (χ1n) is 5.87. The first-order valence-corrected chi connectivity index (χ1v) is 5.87. The number of nitrogen functional groups attached to an aromatic ring is 1. The van der Waals surface area contributed by atoms with Gasteiger partial charge in [0.2, 0.25) is 0 Å². The molecule has 1 aromatic rings. The Labute approximate surface area is 109 Å². The second-order valence-corrected chi connectivity index (χ2v) is 5.41. The molecule has 0 aliphatic carbocycles. The molecule has 2 N–H and O–H groups in total. The van der Waals surface area contributed by atoms with E-state index >= 15 is 0 Å². The van der Waals surface area contributed by atoms with E-state index in [1.807, 2.05) is 6.07 Å². The number of halogens is 3. The van der Waals surface area contributed by atoms with Crippen molar-refractivity contribution in [2.24, 2.45) is 0 Å². The maximum atomic E-state index is 12.6. The van der Waals surface area contributed by atoms with Crippen molar-refractivity contribution in [2.75, 3.05) is 5.73 Å². The summed E-state index contributed by atoms with van der Waals surface area (Å²) in [5.41, 5.74) is 6.86. The van der Waals surface area contributed by atoms with Crippen LogP contribution in [0.1, 0.15) is 25.0 Å². The molecule has 1 heterocycles. The molecule has 0 bridgehead atoms. The first-order chi connectivity index (χ1) is 8.61. The lowest BCUT2D eigenvalue weighted by atomic mass is 9.85. The van der Waals surface area contributed by atoms with Crippen LogP contribution in [0.3, 0.4) is 0 Å². The standard InChI is InChI=1S/C13H15F3N2O/c1-12(2)6-8-3-4-10(17)5-9(8)7-18(12)11(19)13(14,15)16/h3-5H,6-7,17H2,1-2H3. The van der Waals surface area contributed by atoms with Crippen LogP contribution in [-0.4, -0.2) is 22.5 Å². The van der Waals surface area contributed by atoms with E-state index in [1.165, 1.54) is 0 Å². The Kier molecular flexibility index (Phi) is 2.99. The number of benzene rings is 1. The summed E-state index contributed by atoms with van der Waals surface area (Å²) in [6.07, 6.45) is -4.47. The minimum absolute atomic E-state index is 0.0638. The Morgan fingerprint density at radius 1 is 1.32 bits per heavy atom. The SMILES string of the molecule is CC1(C)Cc2ccc(N)cc2CN1C(=O)C(F)(F)F. The quantitative estimate of drug-likeness (QED) is 0.738. The molecule has 3 nitrogen and oxygen atoms in total. The van der Waals surface area contributed by atoms with Gasteiger partial charge in [-0.1, -0.05) is 6.07 Å². The minimum Gasteiger partial charge on any atom is -0.399 e. The number of amides is 1. The molecule has 19 heavy (non-hydrogen) atoms. The molecule has 0 saturated heterocycles. The van der Waals surface area contributed by atoms with Crippen LogP contribution in [-0.2, 0) is 17.8 Å². The number of nitrogens with zero attached hydrogens (tertiary/aromatic N) is 1. The van der Waals surface area contributed by atoms with Crippen molar-refractivity contribution >= 4 is 11.6 Å². The van der Waals surface area contributed by atoms with Crippen molar-refractivity contribution in [2.45, 2.75) is 38.5 Å². The average molecular weight is 272 g/mol. The zero-order valence-corrected chi connectivity index (χ0v) is 10.7. The lowest BCUT2D eigenvalue weighted by Crippen LogP contribution is -2.55. The molecule has 2 rings (SSSR count). The fourth-order valence-corrected chi connectivity index (χ4v) is 2.41. The summed E-state index contributed by atoms with van der Waals surface area (Å²) in [6, 6.07) is 5.15. The van der Waals surface area contributed by atoms with Crippen molar-refractivity contribution in [3.05, 3.63) is 29.3 Å². The molecule has 0 fully saturated rings. The fraction of sp³-hybridized carbons (Fsp3) is 0.462. The molecule has 0 saturated carbocycles. The molecular formula is C13H15F3N2O. The van der Waals surface area contributed by atoms with E-state index in [4.69, 9.17) is 5.73 Å². The zero-order valence-electron chi connectivity index (χ0n) is 10.7. The molecule has 6 heteroatoms. The predicted octanol–water partition coefficient (Wildman–Crippen LogP) is 2.49. The molecule has 0 spiro atoms. The van der Waals surface area contributed by atoms with Crippen LogP contribution < -0.4 is 5.73 Å². The number of alkyl halides is 3. The fourth-order valence-electron chi connectivity index (χ4n) is 2.41. The van der Waals surface area contributed by atoms with Gasteiger partial charge < -0.3 is 10.6 Å². The van der Waals surface area contributed by atoms with E-state index < -0.39 is 17.6 Å². The molecule has 104 valence electrons. The third kappa shape index (κ3) is 2.52. The molecule has 0 radical (unpaired) electrons. The van der Waals surface area contributed by atoms with Gasteiger partial charge in [0.15, 0.2) is 0 Å². The second kappa shape index (κ2) is 4.15. The largest absolute Gasteiger partial charge is 0.471 e. The van der Waals surface area contributed by atoms with Crippen LogP contribution in [0.4, 0.5) is 18.9 Å². The Morgan fingerprint density at radius 3 is 2.53 bits per heavy atom. The lowest BCUT2D eigenvalue weighted by Gasteiger charge is -2.43. The number of anilines is 1. The molecule has 1 amide bonds. The summed E-state index contributed by atoms with van der Waals surface area (Å²) >= 11 is 0. The minimum atomic E-state index is -4.85. The van der Waals surface area contributed by atoms with Crippen LogP contribution in [0.25, 0.3) is 0 Å². The third-order valence-electron chi connectivity index (χ3n) is 3.40. The van der Waals surface area contributed by atoms with Gasteiger partial charge >= 0.3 is 12.1 Å². The van der Waals surface area contributed by atoms with Crippen LogP contribution in [0.15, 0.2) is 18.2 Å². The Morgan fingerprint density at radius 2 is 1.95 bits per heavy atom. The molecule has 1 aliphatic rings. The second-order valence-electron chi connectivity index (χ2n) is 5.41. The maximum Gasteiger partial charge on any atom is 0.471 e. The van der Waals surface area contributed by atoms with E-state index in [0.717, 1.165) is 10.5 Å². The van der Waals surface area contributed by atoms with E-state index in [9.17, 15) is 18.0 Å². The Bertz CT molecular complexity index is 523. The number of carbonyl (C=O) groups is 1. The van der Waals surface area contributed by atoms with Gasteiger partial charge in [0, 0.05) is 17.8 Å². The highest BCUT2D eigenvalue weighted by atomic mass is 19.4. The Balaban J connectivity index is 2.40. The van der Waals surface area contributed by atoms with E-state index in [0.29, 0.717) is 17.7 Å². The van der Waals surface area contributed by atoms with Gasteiger partial charge in [-0.15, -0.1) is 0 Å². The van der Waals surface area contributed by atoms with Crippen LogP contribution in [0, 0.1) is 0 Å². The summed E-state index contributed by atoms with van der Waals surface area (Å²) in [4.78, 5) is 12.4. The lowest BCUT2D eigenvalue weighted by molar-refractivity contribution is -0.192. The highest BCUT2D eigenvalue weighted by Crippen LogP contribution is 2.34. The van der Waals surface area contributed by atoms with Crippen molar-refractivity contribution in [1.82, 2.24) is 4.90 Å². The number of carbonyl (C=O) groups excluding carboxylic acids is 1. The highest BCUT2D eigenvalue weighted by molar-refractivity contribution is 5.83. The smallest absolute Gasteiger partial charge is 0.399 e. The van der Waals surface area contributed by atoms with E-state index in [1.54, 1.807) is 26.0 Å². The van der Waals surface area contributed by atoms with Crippen LogP contribution in [0.2, 0.25) is 0 Å². The van der Waals surface area contributed by atoms with Gasteiger partial charge in [-0.2, -0.15) is 13.2 Å². The third-order valence-corrected chi connectivity index (χ3v) is 3.40. The summed E-state index contributed by atoms with van der Waals surface area (Å²) in [6.45, 7) is 3.21. The van der Waals surface area contributed by atoms with Crippen molar-refractivity contribution in [1.29, 1.82) is 0 Å². The van der Waals surface area contributed by atoms with Gasteiger partial charge in [0.1, 0.15) is 0 Å². The van der Waals surface area contributed by atoms with Gasteiger partial charge in [0.25, 0.3) is 0 Å². The van der Waals surface area contributed by atoms with Crippen LogP contribution >= 0.6 is 0 Å². The van der Waals surface area contributed by atoms with Crippen molar-refractivity contribution < 1.29 is 18.0 Å². The topological polar surface area (TPSA) is 46.3 Å². The molecule has 1 aromatic carbocycles. The van der Waals surface area contributed by atoms with Gasteiger partial charge in [0.05, 0.1) is 0 Å². The zero-order chi connectivity index (χ0) is 14.4. The summed E-state index contributed by atoms with van der Waals surface area (Å²) in [5.74, 6) is -1.80. The molecule has 0 atom stereocenters. The molecular weight excluding hydrogens is 257 g/mol.